The highest BCUT2D eigenvalue weighted by Gasteiger charge is 2.16. The summed E-state index contributed by atoms with van der Waals surface area (Å²) in [4.78, 5) is 23.0. The van der Waals surface area contributed by atoms with Gasteiger partial charge in [0.2, 0.25) is 5.91 Å². The molecule has 0 aromatic heterocycles. The largest absolute Gasteiger partial charge is 0.465 e. The Balaban J connectivity index is 2.43. The molecule has 0 fully saturated rings. The normalized spacial score (nSPS) is 13.4. The molecule has 0 saturated carbocycles. The molecule has 0 spiro atoms. The van der Waals surface area contributed by atoms with Gasteiger partial charge < -0.3 is 15.8 Å². The number of nitrogens with two attached hydrogens (primary N) is 1. The molecule has 0 aliphatic rings. The number of carbonyl (C=O) groups is 2. The first kappa shape index (κ1) is 16.2. The van der Waals surface area contributed by atoms with E-state index in [0.717, 1.165) is 5.56 Å². The van der Waals surface area contributed by atoms with Crippen LogP contribution >= 0.6 is 0 Å². The van der Waals surface area contributed by atoms with Crippen molar-refractivity contribution in [2.75, 3.05) is 13.7 Å². The van der Waals surface area contributed by atoms with Crippen LogP contribution in [0.3, 0.4) is 0 Å². The van der Waals surface area contributed by atoms with Gasteiger partial charge in [0.05, 0.1) is 12.7 Å². The number of methoxy groups -OCH3 is 1. The van der Waals surface area contributed by atoms with E-state index in [1.807, 2.05) is 26.0 Å². The van der Waals surface area contributed by atoms with Crippen molar-refractivity contribution in [2.45, 2.75) is 26.3 Å². The minimum atomic E-state index is -0.351. The van der Waals surface area contributed by atoms with Crippen LogP contribution < -0.4 is 11.1 Å². The first-order valence-electron chi connectivity index (χ1n) is 6.66. The minimum absolute atomic E-state index is 0.0359. The molecule has 2 atom stereocenters. The molecule has 0 radical (unpaired) electrons. The zero-order valence-electron chi connectivity index (χ0n) is 12.2. The summed E-state index contributed by atoms with van der Waals surface area (Å²) in [5.41, 5.74) is 7.24. The number of benzene rings is 1. The van der Waals surface area contributed by atoms with Crippen LogP contribution in [0.15, 0.2) is 24.3 Å². The maximum Gasteiger partial charge on any atom is 0.337 e. The standard InChI is InChI=1S/C15H22N2O3/c1-10(11(2)16)14(18)17-9-8-12-4-6-13(7-5-12)15(19)20-3/h4-7,10-11H,8-9,16H2,1-3H3,(H,17,18). The van der Waals surface area contributed by atoms with E-state index >= 15 is 0 Å². The quantitative estimate of drug-likeness (QED) is 0.764. The lowest BCUT2D eigenvalue weighted by atomic mass is 10.0. The van der Waals surface area contributed by atoms with Gasteiger partial charge in [-0.3, -0.25) is 4.79 Å². The molecule has 3 N–H and O–H groups in total. The van der Waals surface area contributed by atoms with Crippen LogP contribution in [-0.2, 0) is 16.0 Å². The highest BCUT2D eigenvalue weighted by atomic mass is 16.5. The monoisotopic (exact) mass is 278 g/mol. The summed E-state index contributed by atoms with van der Waals surface area (Å²) in [6.07, 6.45) is 0.707. The summed E-state index contributed by atoms with van der Waals surface area (Å²) in [5.74, 6) is -0.585. The molecule has 1 rings (SSSR count). The Kier molecular flexibility index (Phi) is 6.18. The molecule has 0 heterocycles. The predicted octanol–water partition coefficient (Wildman–Crippen LogP) is 1.12. The fourth-order valence-electron chi connectivity index (χ4n) is 1.66. The number of ether oxygens (including phenoxy) is 1. The first-order chi connectivity index (χ1) is 9.45. The number of hydrogen-bond donors (Lipinski definition) is 2. The smallest absolute Gasteiger partial charge is 0.337 e. The minimum Gasteiger partial charge on any atom is -0.465 e. The molecule has 110 valence electrons. The summed E-state index contributed by atoms with van der Waals surface area (Å²) < 4.78 is 4.63. The molecule has 0 bridgehead atoms. The van der Waals surface area contributed by atoms with Gasteiger partial charge in [-0.2, -0.15) is 0 Å². The maximum absolute atomic E-state index is 11.7. The molecule has 2 unspecified atom stereocenters. The summed E-state index contributed by atoms with van der Waals surface area (Å²) >= 11 is 0. The molecular weight excluding hydrogens is 256 g/mol. The summed E-state index contributed by atoms with van der Waals surface area (Å²) in [6.45, 7) is 4.18. The number of nitrogens with one attached hydrogen (secondary N) is 1. The lowest BCUT2D eigenvalue weighted by molar-refractivity contribution is -0.124. The van der Waals surface area contributed by atoms with Gasteiger partial charge >= 0.3 is 5.97 Å². The molecule has 0 aliphatic carbocycles. The van der Waals surface area contributed by atoms with Gasteiger partial charge in [0.15, 0.2) is 0 Å². The lowest BCUT2D eigenvalue weighted by Crippen LogP contribution is -2.39. The number of esters is 1. The van der Waals surface area contributed by atoms with Crippen LogP contribution in [0.2, 0.25) is 0 Å². The Labute approximate surface area is 119 Å². The van der Waals surface area contributed by atoms with Crippen molar-refractivity contribution in [1.29, 1.82) is 0 Å². The Morgan fingerprint density at radius 3 is 2.35 bits per heavy atom. The number of amides is 1. The van der Waals surface area contributed by atoms with Crippen LogP contribution in [0.1, 0.15) is 29.8 Å². The average molecular weight is 278 g/mol. The summed E-state index contributed by atoms with van der Waals surface area (Å²) in [7, 11) is 1.35. The second kappa shape index (κ2) is 7.65. The van der Waals surface area contributed by atoms with E-state index in [-0.39, 0.29) is 23.8 Å². The average Bonchev–Trinajstić information content (AvgIpc) is 2.46. The van der Waals surface area contributed by atoms with Crippen LogP contribution in [0.5, 0.6) is 0 Å². The van der Waals surface area contributed by atoms with Crippen molar-refractivity contribution in [3.8, 4) is 0 Å². The van der Waals surface area contributed by atoms with Crippen molar-refractivity contribution in [3.05, 3.63) is 35.4 Å². The third kappa shape index (κ3) is 4.66. The molecule has 5 heteroatoms. The Morgan fingerprint density at radius 1 is 1.25 bits per heavy atom. The SMILES string of the molecule is COC(=O)c1ccc(CCNC(=O)C(C)C(C)N)cc1. The topological polar surface area (TPSA) is 81.4 Å². The molecular formula is C15H22N2O3. The molecule has 0 aliphatic heterocycles. The molecule has 20 heavy (non-hydrogen) atoms. The molecule has 0 saturated heterocycles. The van der Waals surface area contributed by atoms with E-state index in [9.17, 15) is 9.59 Å². The highest BCUT2D eigenvalue weighted by Crippen LogP contribution is 2.06. The second-order valence-corrected chi connectivity index (χ2v) is 4.88. The zero-order valence-corrected chi connectivity index (χ0v) is 12.2. The molecule has 1 aromatic carbocycles. The summed E-state index contributed by atoms with van der Waals surface area (Å²) in [6, 6.07) is 6.98. The number of hydrogen-bond acceptors (Lipinski definition) is 4. The van der Waals surface area contributed by atoms with E-state index in [1.165, 1.54) is 7.11 Å². The van der Waals surface area contributed by atoms with Gasteiger partial charge in [-0.1, -0.05) is 19.1 Å². The fraction of sp³-hybridized carbons (Fsp3) is 0.467. The Morgan fingerprint density at radius 2 is 1.85 bits per heavy atom. The zero-order chi connectivity index (χ0) is 15.1. The van der Waals surface area contributed by atoms with Gasteiger partial charge in [-0.25, -0.2) is 4.79 Å². The lowest BCUT2D eigenvalue weighted by Gasteiger charge is -2.15. The van der Waals surface area contributed by atoms with Crippen LogP contribution in [-0.4, -0.2) is 31.6 Å². The van der Waals surface area contributed by atoms with Crippen molar-refractivity contribution in [3.63, 3.8) is 0 Å². The molecule has 5 nitrogen and oxygen atoms in total. The van der Waals surface area contributed by atoms with Crippen LogP contribution in [0, 0.1) is 5.92 Å². The third-order valence-electron chi connectivity index (χ3n) is 3.29. The van der Waals surface area contributed by atoms with E-state index in [4.69, 9.17) is 5.73 Å². The van der Waals surface area contributed by atoms with E-state index in [2.05, 4.69) is 10.1 Å². The Bertz CT molecular complexity index is 455. The van der Waals surface area contributed by atoms with Gasteiger partial charge in [0.25, 0.3) is 0 Å². The van der Waals surface area contributed by atoms with Gasteiger partial charge in [0.1, 0.15) is 0 Å². The second-order valence-electron chi connectivity index (χ2n) is 4.88. The van der Waals surface area contributed by atoms with Gasteiger partial charge in [0, 0.05) is 18.5 Å². The molecule has 1 amide bonds. The van der Waals surface area contributed by atoms with Crippen molar-refractivity contribution in [1.82, 2.24) is 5.32 Å². The van der Waals surface area contributed by atoms with Gasteiger partial charge in [-0.15, -0.1) is 0 Å². The van der Waals surface area contributed by atoms with Crippen molar-refractivity contribution in [2.24, 2.45) is 11.7 Å². The fourth-order valence-corrected chi connectivity index (χ4v) is 1.66. The van der Waals surface area contributed by atoms with E-state index in [1.54, 1.807) is 12.1 Å². The highest BCUT2D eigenvalue weighted by molar-refractivity contribution is 5.89. The Hall–Kier alpha value is -1.88. The first-order valence-corrected chi connectivity index (χ1v) is 6.66. The van der Waals surface area contributed by atoms with Crippen molar-refractivity contribution < 1.29 is 14.3 Å². The van der Waals surface area contributed by atoms with Gasteiger partial charge in [-0.05, 0) is 31.0 Å². The molecule has 1 aromatic rings. The number of rotatable bonds is 6. The van der Waals surface area contributed by atoms with Crippen LogP contribution in [0.25, 0.3) is 0 Å². The van der Waals surface area contributed by atoms with Crippen molar-refractivity contribution >= 4 is 11.9 Å². The van der Waals surface area contributed by atoms with Crippen LogP contribution in [0.4, 0.5) is 0 Å². The summed E-state index contributed by atoms with van der Waals surface area (Å²) in [5, 5.41) is 2.85. The predicted molar refractivity (Wildman–Crippen MR) is 77.3 cm³/mol. The maximum atomic E-state index is 11.7. The third-order valence-corrected chi connectivity index (χ3v) is 3.29. The van der Waals surface area contributed by atoms with E-state index in [0.29, 0.717) is 18.5 Å². The van der Waals surface area contributed by atoms with E-state index < -0.39 is 0 Å². The number of carbonyl (C=O) groups excluding carboxylic acids is 2.